The van der Waals surface area contributed by atoms with Crippen LogP contribution in [-0.2, 0) is 0 Å². The van der Waals surface area contributed by atoms with Crippen molar-refractivity contribution in [3.8, 4) is 0 Å². The van der Waals surface area contributed by atoms with Gasteiger partial charge in [-0.15, -0.1) is 0 Å². The molecule has 1 rings (SSSR count). The molecule has 0 aromatic rings. The lowest BCUT2D eigenvalue weighted by Gasteiger charge is -2.27. The van der Waals surface area contributed by atoms with Crippen molar-refractivity contribution in [2.45, 2.75) is 32.6 Å². The number of hydrogen-bond acceptors (Lipinski definition) is 3. The van der Waals surface area contributed by atoms with Crippen molar-refractivity contribution in [3.63, 3.8) is 0 Å². The second-order valence-electron chi connectivity index (χ2n) is 4.57. The van der Waals surface area contributed by atoms with Gasteiger partial charge >= 0.3 is 0 Å². The van der Waals surface area contributed by atoms with Crippen molar-refractivity contribution in [1.82, 2.24) is 10.2 Å². The number of rotatable bonds is 7. The molecule has 90 valence electrons. The van der Waals surface area contributed by atoms with Crippen LogP contribution < -0.4 is 5.32 Å². The van der Waals surface area contributed by atoms with Gasteiger partial charge in [-0.3, -0.25) is 0 Å². The SMILES string of the molecule is CCC[C@@H](CO)CCCN1CCNCC1. The molecule has 1 aliphatic heterocycles. The van der Waals surface area contributed by atoms with Crippen LogP contribution in [0, 0.1) is 5.92 Å². The monoisotopic (exact) mass is 214 g/mol. The Kier molecular flexibility index (Phi) is 6.98. The molecular formula is C12H26N2O. The molecule has 0 radical (unpaired) electrons. The van der Waals surface area contributed by atoms with Gasteiger partial charge in [0.25, 0.3) is 0 Å². The van der Waals surface area contributed by atoms with Crippen molar-refractivity contribution in [2.75, 3.05) is 39.3 Å². The Morgan fingerprint density at radius 3 is 2.60 bits per heavy atom. The number of nitrogens with zero attached hydrogens (tertiary/aromatic N) is 1. The highest BCUT2D eigenvalue weighted by Crippen LogP contribution is 2.13. The van der Waals surface area contributed by atoms with E-state index in [0.717, 1.165) is 13.1 Å². The number of aliphatic hydroxyl groups is 1. The van der Waals surface area contributed by atoms with Crippen molar-refractivity contribution in [2.24, 2.45) is 5.92 Å². The maximum absolute atomic E-state index is 9.17. The van der Waals surface area contributed by atoms with E-state index < -0.39 is 0 Å². The van der Waals surface area contributed by atoms with Crippen LogP contribution in [0.15, 0.2) is 0 Å². The third-order valence-corrected chi connectivity index (χ3v) is 3.25. The van der Waals surface area contributed by atoms with Gasteiger partial charge in [0.2, 0.25) is 0 Å². The average molecular weight is 214 g/mol. The summed E-state index contributed by atoms with van der Waals surface area (Å²) in [5, 5.41) is 12.5. The predicted octanol–water partition coefficient (Wildman–Crippen LogP) is 1.08. The molecule has 0 aliphatic carbocycles. The van der Waals surface area contributed by atoms with E-state index >= 15 is 0 Å². The largest absolute Gasteiger partial charge is 0.396 e. The zero-order valence-electron chi connectivity index (χ0n) is 10.0. The van der Waals surface area contributed by atoms with E-state index in [2.05, 4.69) is 17.1 Å². The van der Waals surface area contributed by atoms with Gasteiger partial charge in [-0.1, -0.05) is 13.3 Å². The lowest BCUT2D eigenvalue weighted by molar-refractivity contribution is 0.190. The minimum Gasteiger partial charge on any atom is -0.396 e. The fourth-order valence-corrected chi connectivity index (χ4v) is 2.27. The molecule has 0 amide bonds. The van der Waals surface area contributed by atoms with Gasteiger partial charge in [0.15, 0.2) is 0 Å². The van der Waals surface area contributed by atoms with Gasteiger partial charge in [0.05, 0.1) is 0 Å². The van der Waals surface area contributed by atoms with E-state index in [9.17, 15) is 5.11 Å². The van der Waals surface area contributed by atoms with E-state index in [1.807, 2.05) is 0 Å². The van der Waals surface area contributed by atoms with Gasteiger partial charge in [-0.2, -0.15) is 0 Å². The fourth-order valence-electron chi connectivity index (χ4n) is 2.27. The molecule has 1 heterocycles. The second-order valence-corrected chi connectivity index (χ2v) is 4.57. The Morgan fingerprint density at radius 1 is 1.27 bits per heavy atom. The van der Waals surface area contributed by atoms with Crippen LogP contribution in [0.25, 0.3) is 0 Å². The van der Waals surface area contributed by atoms with E-state index in [1.165, 1.54) is 45.3 Å². The molecule has 0 aromatic carbocycles. The first-order chi connectivity index (χ1) is 7.36. The van der Waals surface area contributed by atoms with Crippen LogP contribution in [0.1, 0.15) is 32.6 Å². The molecule has 2 N–H and O–H groups in total. The minimum atomic E-state index is 0.370. The highest BCUT2D eigenvalue weighted by atomic mass is 16.3. The first-order valence-corrected chi connectivity index (χ1v) is 6.40. The first-order valence-electron chi connectivity index (χ1n) is 6.40. The molecule has 0 spiro atoms. The molecule has 3 nitrogen and oxygen atoms in total. The van der Waals surface area contributed by atoms with Crippen LogP contribution in [0.3, 0.4) is 0 Å². The maximum Gasteiger partial charge on any atom is 0.0459 e. The zero-order chi connectivity index (χ0) is 10.9. The summed E-state index contributed by atoms with van der Waals surface area (Å²) in [7, 11) is 0. The van der Waals surface area contributed by atoms with Crippen LogP contribution in [0.5, 0.6) is 0 Å². The predicted molar refractivity (Wildman–Crippen MR) is 64.0 cm³/mol. The average Bonchev–Trinajstić information content (AvgIpc) is 2.29. The van der Waals surface area contributed by atoms with Crippen molar-refractivity contribution >= 4 is 0 Å². The molecule has 1 saturated heterocycles. The molecule has 0 aromatic heterocycles. The molecule has 0 saturated carbocycles. The van der Waals surface area contributed by atoms with Gasteiger partial charge in [-0.05, 0) is 31.7 Å². The number of hydrogen-bond donors (Lipinski definition) is 2. The number of aliphatic hydroxyl groups excluding tert-OH is 1. The Labute approximate surface area is 93.9 Å². The first kappa shape index (κ1) is 12.9. The number of nitrogens with one attached hydrogen (secondary N) is 1. The molecule has 1 aliphatic rings. The normalized spacial score (nSPS) is 20.4. The topological polar surface area (TPSA) is 35.5 Å². The molecule has 1 atom stereocenters. The summed E-state index contributed by atoms with van der Waals surface area (Å²) in [6.45, 7) is 8.43. The maximum atomic E-state index is 9.17. The standard InChI is InChI=1S/C12H26N2O/c1-2-4-12(11-15)5-3-8-14-9-6-13-7-10-14/h12-13,15H,2-11H2,1H3/t12-/m1/s1. The van der Waals surface area contributed by atoms with E-state index in [1.54, 1.807) is 0 Å². The Bertz CT molecular complexity index is 142. The summed E-state index contributed by atoms with van der Waals surface area (Å²) >= 11 is 0. The van der Waals surface area contributed by atoms with Gasteiger partial charge in [0, 0.05) is 32.8 Å². The molecule has 0 bridgehead atoms. The lowest BCUT2D eigenvalue weighted by Crippen LogP contribution is -2.43. The van der Waals surface area contributed by atoms with Gasteiger partial charge in [-0.25, -0.2) is 0 Å². The van der Waals surface area contributed by atoms with Crippen LogP contribution in [0.2, 0.25) is 0 Å². The summed E-state index contributed by atoms with van der Waals surface area (Å²) in [5.74, 6) is 0.540. The molecular weight excluding hydrogens is 188 g/mol. The van der Waals surface area contributed by atoms with Gasteiger partial charge in [0.1, 0.15) is 0 Å². The van der Waals surface area contributed by atoms with Crippen molar-refractivity contribution < 1.29 is 5.11 Å². The number of piperazine rings is 1. The third-order valence-electron chi connectivity index (χ3n) is 3.25. The fraction of sp³-hybridized carbons (Fsp3) is 1.00. The Hall–Kier alpha value is -0.120. The third kappa shape index (κ3) is 5.50. The molecule has 0 unspecified atom stereocenters. The summed E-state index contributed by atoms with van der Waals surface area (Å²) in [5.41, 5.74) is 0. The highest BCUT2D eigenvalue weighted by Gasteiger charge is 2.10. The summed E-state index contributed by atoms with van der Waals surface area (Å²) in [6, 6.07) is 0. The Balaban J connectivity index is 2.03. The molecule has 1 fully saturated rings. The van der Waals surface area contributed by atoms with Crippen LogP contribution in [-0.4, -0.2) is 49.3 Å². The second kappa shape index (κ2) is 8.08. The van der Waals surface area contributed by atoms with Crippen molar-refractivity contribution in [1.29, 1.82) is 0 Å². The van der Waals surface area contributed by atoms with E-state index in [0.29, 0.717) is 12.5 Å². The minimum absolute atomic E-state index is 0.370. The lowest BCUT2D eigenvalue weighted by atomic mass is 9.99. The Morgan fingerprint density at radius 2 is 2.00 bits per heavy atom. The van der Waals surface area contributed by atoms with E-state index in [-0.39, 0.29) is 0 Å². The van der Waals surface area contributed by atoms with Gasteiger partial charge < -0.3 is 15.3 Å². The zero-order valence-corrected chi connectivity index (χ0v) is 10.0. The van der Waals surface area contributed by atoms with E-state index in [4.69, 9.17) is 0 Å². The summed E-state index contributed by atoms with van der Waals surface area (Å²) < 4.78 is 0. The highest BCUT2D eigenvalue weighted by molar-refractivity contribution is 4.68. The quantitative estimate of drug-likeness (QED) is 0.666. The van der Waals surface area contributed by atoms with Crippen molar-refractivity contribution in [3.05, 3.63) is 0 Å². The summed E-state index contributed by atoms with van der Waals surface area (Å²) in [6.07, 6.45) is 4.80. The van der Waals surface area contributed by atoms with Crippen LogP contribution in [0.4, 0.5) is 0 Å². The van der Waals surface area contributed by atoms with Crippen LogP contribution >= 0.6 is 0 Å². The summed E-state index contributed by atoms with van der Waals surface area (Å²) in [4.78, 5) is 2.52. The molecule has 15 heavy (non-hydrogen) atoms. The smallest absolute Gasteiger partial charge is 0.0459 e. The molecule has 3 heteroatoms.